The van der Waals surface area contributed by atoms with E-state index in [2.05, 4.69) is 51.7 Å². The van der Waals surface area contributed by atoms with Crippen LogP contribution in [0.5, 0.6) is 0 Å². The van der Waals surface area contributed by atoms with Gasteiger partial charge in [-0.05, 0) is 34.4 Å². The minimum absolute atomic E-state index is 0.0722. The first kappa shape index (κ1) is 12.6. The molecule has 0 fully saturated rings. The van der Waals surface area contributed by atoms with Crippen molar-refractivity contribution < 1.29 is 5.11 Å². The molecule has 0 saturated carbocycles. The van der Waals surface area contributed by atoms with Crippen LogP contribution in [0.25, 0.3) is 0 Å². The van der Waals surface area contributed by atoms with E-state index >= 15 is 0 Å². The first-order chi connectivity index (χ1) is 7.05. The lowest BCUT2D eigenvalue weighted by molar-refractivity contribution is 0.220. The van der Waals surface area contributed by atoms with Gasteiger partial charge in [0.25, 0.3) is 0 Å². The summed E-state index contributed by atoms with van der Waals surface area (Å²) in [6.07, 6.45) is 4.08. The number of halogens is 1. The van der Waals surface area contributed by atoms with Gasteiger partial charge in [0.15, 0.2) is 0 Å². The van der Waals surface area contributed by atoms with Crippen molar-refractivity contribution in [3.05, 3.63) is 16.1 Å². The van der Waals surface area contributed by atoms with Gasteiger partial charge in [0.05, 0.1) is 3.57 Å². The molecule has 0 spiro atoms. The van der Waals surface area contributed by atoms with E-state index in [0.717, 1.165) is 22.4 Å². The van der Waals surface area contributed by atoms with Gasteiger partial charge >= 0.3 is 0 Å². The maximum atomic E-state index is 8.90. The normalized spacial score (nSPS) is 11.5. The lowest BCUT2D eigenvalue weighted by Gasteiger charge is -2.24. The molecule has 4 nitrogen and oxygen atoms in total. The second-order valence-electron chi connectivity index (χ2n) is 4.21. The van der Waals surface area contributed by atoms with Crippen molar-refractivity contribution in [1.82, 2.24) is 9.97 Å². The number of hydrogen-bond acceptors (Lipinski definition) is 4. The number of aliphatic hydroxyl groups excluding tert-OH is 1. The van der Waals surface area contributed by atoms with Crippen LogP contribution in [0.2, 0.25) is 0 Å². The van der Waals surface area contributed by atoms with Gasteiger partial charge in [-0.15, -0.1) is 0 Å². The van der Waals surface area contributed by atoms with Crippen LogP contribution in [-0.4, -0.2) is 28.2 Å². The van der Waals surface area contributed by atoms with Crippen LogP contribution < -0.4 is 5.32 Å². The molecule has 0 amide bonds. The van der Waals surface area contributed by atoms with Gasteiger partial charge in [-0.2, -0.15) is 0 Å². The summed E-state index contributed by atoms with van der Waals surface area (Å²) in [5.74, 6) is 0.858. The first-order valence-corrected chi connectivity index (χ1v) is 5.93. The van der Waals surface area contributed by atoms with Crippen LogP contribution >= 0.6 is 22.6 Å². The molecular weight excluding hydrogens is 305 g/mol. The number of nitrogens with zero attached hydrogens (tertiary/aromatic N) is 2. The summed E-state index contributed by atoms with van der Waals surface area (Å²) in [5.41, 5.74) is 0.0722. The fourth-order valence-electron chi connectivity index (χ4n) is 1.16. The van der Waals surface area contributed by atoms with Crippen LogP contribution in [0.15, 0.2) is 12.5 Å². The number of aliphatic hydroxyl groups is 1. The first-order valence-electron chi connectivity index (χ1n) is 4.85. The minimum atomic E-state index is 0.0722. The molecule has 0 saturated heterocycles. The molecule has 0 aromatic carbocycles. The zero-order valence-electron chi connectivity index (χ0n) is 9.00. The van der Waals surface area contributed by atoms with Gasteiger partial charge in [-0.3, -0.25) is 0 Å². The molecule has 0 unspecified atom stereocenters. The summed E-state index contributed by atoms with van der Waals surface area (Å²) in [6, 6.07) is 0. The highest BCUT2D eigenvalue weighted by atomic mass is 127. The van der Waals surface area contributed by atoms with Crippen LogP contribution in [0.1, 0.15) is 20.3 Å². The number of rotatable bonds is 5. The maximum absolute atomic E-state index is 8.90. The Morgan fingerprint density at radius 3 is 2.87 bits per heavy atom. The van der Waals surface area contributed by atoms with Crippen molar-refractivity contribution in [2.45, 2.75) is 20.3 Å². The number of anilines is 1. The van der Waals surface area contributed by atoms with Gasteiger partial charge in [0.2, 0.25) is 0 Å². The SMILES string of the molecule is CC(C)(CCO)CNc1ncncc1I. The summed E-state index contributed by atoms with van der Waals surface area (Å²) >= 11 is 2.20. The van der Waals surface area contributed by atoms with E-state index in [4.69, 9.17) is 5.11 Å². The Hall–Kier alpha value is -0.430. The lowest BCUT2D eigenvalue weighted by Crippen LogP contribution is -2.25. The molecule has 1 rings (SSSR count). The van der Waals surface area contributed by atoms with E-state index in [0.29, 0.717) is 0 Å². The molecule has 0 bridgehead atoms. The summed E-state index contributed by atoms with van der Waals surface area (Å²) in [4.78, 5) is 8.08. The van der Waals surface area contributed by atoms with Crippen molar-refractivity contribution in [3.63, 3.8) is 0 Å². The Morgan fingerprint density at radius 1 is 1.53 bits per heavy atom. The van der Waals surface area contributed by atoms with Gasteiger partial charge in [0.1, 0.15) is 12.1 Å². The smallest absolute Gasteiger partial charge is 0.142 e. The van der Waals surface area contributed by atoms with Crippen molar-refractivity contribution in [3.8, 4) is 0 Å². The maximum Gasteiger partial charge on any atom is 0.142 e. The molecule has 2 N–H and O–H groups in total. The fraction of sp³-hybridized carbons (Fsp3) is 0.600. The van der Waals surface area contributed by atoms with Gasteiger partial charge < -0.3 is 10.4 Å². The zero-order valence-corrected chi connectivity index (χ0v) is 11.2. The third-order valence-corrected chi connectivity index (χ3v) is 2.98. The van der Waals surface area contributed by atoms with Gasteiger partial charge in [-0.25, -0.2) is 9.97 Å². The average Bonchev–Trinajstić information content (AvgIpc) is 2.16. The topological polar surface area (TPSA) is 58.0 Å². The van der Waals surface area contributed by atoms with E-state index in [1.807, 2.05) is 0 Å². The van der Waals surface area contributed by atoms with Crippen LogP contribution in [0.3, 0.4) is 0 Å². The zero-order chi connectivity index (χ0) is 11.3. The van der Waals surface area contributed by atoms with E-state index < -0.39 is 0 Å². The largest absolute Gasteiger partial charge is 0.396 e. The minimum Gasteiger partial charge on any atom is -0.396 e. The summed E-state index contributed by atoms with van der Waals surface area (Å²) < 4.78 is 1.01. The fourth-order valence-corrected chi connectivity index (χ4v) is 1.65. The molecule has 1 aromatic rings. The molecule has 0 aliphatic carbocycles. The van der Waals surface area contributed by atoms with Crippen molar-refractivity contribution in [2.24, 2.45) is 5.41 Å². The van der Waals surface area contributed by atoms with Crippen LogP contribution in [-0.2, 0) is 0 Å². The van der Waals surface area contributed by atoms with Gasteiger partial charge in [0, 0.05) is 19.3 Å². The lowest BCUT2D eigenvalue weighted by atomic mass is 9.90. The molecular formula is C10H16IN3O. The summed E-state index contributed by atoms with van der Waals surface area (Å²) in [5, 5.41) is 12.2. The number of aromatic nitrogens is 2. The highest BCUT2D eigenvalue weighted by molar-refractivity contribution is 14.1. The third-order valence-electron chi connectivity index (χ3n) is 2.19. The Balaban J connectivity index is 2.53. The molecule has 0 radical (unpaired) electrons. The Morgan fingerprint density at radius 2 is 2.27 bits per heavy atom. The Kier molecular flexibility index (Phi) is 4.72. The molecule has 1 heterocycles. The highest BCUT2D eigenvalue weighted by Crippen LogP contribution is 2.21. The van der Waals surface area contributed by atoms with E-state index in [-0.39, 0.29) is 12.0 Å². The van der Waals surface area contributed by atoms with E-state index in [1.165, 1.54) is 6.33 Å². The summed E-state index contributed by atoms with van der Waals surface area (Å²) in [6.45, 7) is 5.24. The second kappa shape index (κ2) is 5.60. The summed E-state index contributed by atoms with van der Waals surface area (Å²) in [7, 11) is 0. The molecule has 0 aliphatic rings. The van der Waals surface area contributed by atoms with Crippen molar-refractivity contribution in [1.29, 1.82) is 0 Å². The monoisotopic (exact) mass is 321 g/mol. The van der Waals surface area contributed by atoms with Crippen molar-refractivity contribution >= 4 is 28.4 Å². The predicted octanol–water partition coefficient (Wildman–Crippen LogP) is 1.90. The second-order valence-corrected chi connectivity index (χ2v) is 5.37. The third kappa shape index (κ3) is 4.29. The highest BCUT2D eigenvalue weighted by Gasteiger charge is 2.17. The van der Waals surface area contributed by atoms with Crippen LogP contribution in [0.4, 0.5) is 5.82 Å². The van der Waals surface area contributed by atoms with Crippen molar-refractivity contribution in [2.75, 3.05) is 18.5 Å². The Bertz CT molecular complexity index is 317. The predicted molar refractivity (Wildman–Crippen MR) is 68.7 cm³/mol. The molecule has 5 heteroatoms. The molecule has 0 aliphatic heterocycles. The number of nitrogens with one attached hydrogen (secondary N) is 1. The standard InChI is InChI=1S/C10H16IN3O/c1-10(2,3-4-15)6-13-9-8(11)5-12-7-14-9/h5,7,15H,3-4,6H2,1-2H3,(H,12,13,14). The van der Waals surface area contributed by atoms with Crippen LogP contribution in [0, 0.1) is 8.99 Å². The van der Waals surface area contributed by atoms with E-state index in [9.17, 15) is 0 Å². The average molecular weight is 321 g/mol. The van der Waals surface area contributed by atoms with E-state index in [1.54, 1.807) is 6.20 Å². The molecule has 1 aromatic heterocycles. The molecule has 0 atom stereocenters. The molecule has 84 valence electrons. The molecule has 15 heavy (non-hydrogen) atoms. The Labute approximate surface area is 104 Å². The van der Waals surface area contributed by atoms with Gasteiger partial charge in [-0.1, -0.05) is 13.8 Å². The quantitative estimate of drug-likeness (QED) is 0.814. The number of hydrogen-bond donors (Lipinski definition) is 2.